The molecule has 4 nitrogen and oxygen atoms in total. The normalized spacial score (nSPS) is 26.5. The maximum Gasteiger partial charge on any atom is 0.183 e. The fourth-order valence-electron chi connectivity index (χ4n) is 3.12. The van der Waals surface area contributed by atoms with E-state index in [-0.39, 0.29) is 4.90 Å². The summed E-state index contributed by atoms with van der Waals surface area (Å²) in [4.78, 5) is 0.178. The zero-order valence-corrected chi connectivity index (χ0v) is 14.5. The van der Waals surface area contributed by atoms with Crippen LogP contribution in [0.1, 0.15) is 11.5 Å². The van der Waals surface area contributed by atoms with Crippen LogP contribution in [0.25, 0.3) is 0 Å². The zero-order chi connectivity index (χ0) is 16.7. The lowest BCUT2D eigenvalue weighted by molar-refractivity contribution is 0.242. The van der Waals surface area contributed by atoms with Crippen LogP contribution < -0.4 is 0 Å². The second kappa shape index (κ2) is 5.75. The van der Waals surface area contributed by atoms with E-state index in [0.717, 1.165) is 10.0 Å². The van der Waals surface area contributed by atoms with E-state index in [1.165, 1.54) is 12.1 Å². The highest BCUT2D eigenvalue weighted by Crippen LogP contribution is 2.63. The minimum Gasteiger partial charge on any atom is -0.395 e. The van der Waals surface area contributed by atoms with Crippen molar-refractivity contribution < 1.29 is 13.5 Å². The molecule has 2 aromatic carbocycles. The van der Waals surface area contributed by atoms with Crippen molar-refractivity contribution in [2.24, 2.45) is 5.41 Å². The van der Waals surface area contributed by atoms with E-state index in [4.69, 9.17) is 0 Å². The average Bonchev–Trinajstić information content (AvgIpc) is 3.27. The summed E-state index contributed by atoms with van der Waals surface area (Å²) in [5.41, 5.74) is -0.545. The van der Waals surface area contributed by atoms with Gasteiger partial charge in [-0.3, -0.25) is 0 Å². The van der Waals surface area contributed by atoms with Crippen LogP contribution in [0.5, 0.6) is 0 Å². The molecule has 1 aliphatic carbocycles. The quantitative estimate of drug-likeness (QED) is 0.868. The lowest BCUT2D eigenvalue weighted by atomic mass is 10.0. The number of hydrogen-bond donors (Lipinski definition) is 1. The summed E-state index contributed by atoms with van der Waals surface area (Å²) < 4.78 is 26.7. The van der Waals surface area contributed by atoms with Crippen LogP contribution >= 0.6 is 15.9 Å². The number of halogens is 1. The predicted molar refractivity (Wildman–Crippen MR) is 89.4 cm³/mol. The maximum absolute atomic E-state index is 12.9. The lowest BCUT2D eigenvalue weighted by Crippen LogP contribution is -2.18. The van der Waals surface area contributed by atoms with Gasteiger partial charge in [0.1, 0.15) is 5.41 Å². The number of hydrogen-bond acceptors (Lipinski definition) is 4. The number of benzene rings is 2. The second-order valence-corrected chi connectivity index (χ2v) is 8.60. The van der Waals surface area contributed by atoms with Gasteiger partial charge in [0.2, 0.25) is 0 Å². The number of nitrogens with zero attached hydrogens (tertiary/aromatic N) is 1. The minimum absolute atomic E-state index is 0.178. The van der Waals surface area contributed by atoms with Gasteiger partial charge in [0, 0.05) is 10.4 Å². The van der Waals surface area contributed by atoms with E-state index in [2.05, 4.69) is 22.0 Å². The molecular formula is C17H14BrNO3S. The van der Waals surface area contributed by atoms with Crippen LogP contribution in [0.15, 0.2) is 64.0 Å². The molecule has 2 aromatic rings. The first-order valence-corrected chi connectivity index (χ1v) is 9.38. The molecule has 0 radical (unpaired) electrons. The summed E-state index contributed by atoms with van der Waals surface area (Å²) in [6.07, 6.45) is 0. The van der Waals surface area contributed by atoms with Crippen molar-refractivity contribution in [3.05, 3.63) is 64.6 Å². The molecule has 23 heavy (non-hydrogen) atoms. The predicted octanol–water partition coefficient (Wildman–Crippen LogP) is 2.89. The van der Waals surface area contributed by atoms with E-state index in [0.29, 0.717) is 0 Å². The Bertz CT molecular complexity index is 859. The van der Waals surface area contributed by atoms with Gasteiger partial charge in [-0.25, -0.2) is 8.42 Å². The number of aliphatic hydroxyl groups excluding tert-OH is 1. The summed E-state index contributed by atoms with van der Waals surface area (Å²) in [6.45, 7) is -0.485. The van der Waals surface area contributed by atoms with Gasteiger partial charge < -0.3 is 5.11 Å². The van der Waals surface area contributed by atoms with Crippen molar-refractivity contribution in [3.8, 4) is 6.07 Å². The molecule has 0 aromatic heterocycles. The first-order valence-electron chi connectivity index (χ1n) is 7.04. The van der Waals surface area contributed by atoms with Crippen molar-refractivity contribution in [1.82, 2.24) is 0 Å². The summed E-state index contributed by atoms with van der Waals surface area (Å²) in [5.74, 6) is -0.532. The van der Waals surface area contributed by atoms with Crippen molar-refractivity contribution >= 4 is 25.8 Å². The molecule has 6 heteroatoms. The summed E-state index contributed by atoms with van der Waals surface area (Å²) >= 11 is 3.34. The van der Waals surface area contributed by atoms with Crippen molar-refractivity contribution in [2.75, 3.05) is 6.61 Å². The second-order valence-electron chi connectivity index (χ2n) is 5.62. The highest BCUT2D eigenvalue weighted by Gasteiger charge is 2.72. The standard InChI is InChI=1S/C17H14BrNO3S/c18-13-8-6-12(7-9-13)15-16(17(15,10-19)11-20)23(21,22)14-4-2-1-3-5-14/h1-9,15-16,20H,11H2/t15-,16+,17+/m1/s1. The van der Waals surface area contributed by atoms with Crippen LogP contribution in [-0.2, 0) is 9.84 Å². The van der Waals surface area contributed by atoms with Crippen LogP contribution in [0.3, 0.4) is 0 Å². The third-order valence-corrected chi connectivity index (χ3v) is 7.18. The molecule has 1 saturated carbocycles. The smallest absolute Gasteiger partial charge is 0.183 e. The Morgan fingerprint density at radius 1 is 1.13 bits per heavy atom. The Hall–Kier alpha value is -1.68. The highest BCUT2D eigenvalue weighted by molar-refractivity contribution is 9.10. The maximum atomic E-state index is 12.9. The van der Waals surface area contributed by atoms with Crippen LogP contribution in [0, 0.1) is 16.7 Å². The zero-order valence-electron chi connectivity index (χ0n) is 12.1. The van der Waals surface area contributed by atoms with E-state index < -0.39 is 33.0 Å². The van der Waals surface area contributed by atoms with Crippen LogP contribution in [-0.4, -0.2) is 25.4 Å². The van der Waals surface area contributed by atoms with Crippen molar-refractivity contribution in [3.63, 3.8) is 0 Å². The van der Waals surface area contributed by atoms with Gasteiger partial charge in [-0.2, -0.15) is 5.26 Å². The Morgan fingerprint density at radius 2 is 1.74 bits per heavy atom. The van der Waals surface area contributed by atoms with Gasteiger partial charge in [-0.05, 0) is 29.8 Å². The molecule has 0 unspecified atom stereocenters. The molecule has 3 rings (SSSR count). The van der Waals surface area contributed by atoms with E-state index in [1.807, 2.05) is 0 Å². The van der Waals surface area contributed by atoms with Gasteiger partial charge in [0.15, 0.2) is 9.84 Å². The van der Waals surface area contributed by atoms with Crippen molar-refractivity contribution in [1.29, 1.82) is 5.26 Å². The number of rotatable bonds is 4. The molecule has 0 heterocycles. The Morgan fingerprint density at radius 3 is 2.26 bits per heavy atom. The monoisotopic (exact) mass is 391 g/mol. The van der Waals surface area contributed by atoms with Crippen LogP contribution in [0.4, 0.5) is 0 Å². The fourth-order valence-corrected chi connectivity index (χ4v) is 5.72. The molecule has 0 spiro atoms. The summed E-state index contributed by atoms with van der Waals surface area (Å²) in [7, 11) is -3.70. The third kappa shape index (κ3) is 2.49. The third-order valence-electron chi connectivity index (χ3n) is 4.36. The van der Waals surface area contributed by atoms with E-state index >= 15 is 0 Å². The summed E-state index contributed by atoms with van der Waals surface area (Å²) in [5, 5.41) is 18.3. The Labute approximate surface area is 143 Å². The number of aliphatic hydroxyl groups is 1. The fraction of sp³-hybridized carbons (Fsp3) is 0.235. The molecule has 0 aliphatic heterocycles. The van der Waals surface area contributed by atoms with Crippen LogP contribution in [0.2, 0.25) is 0 Å². The molecule has 1 N–H and O–H groups in total. The lowest BCUT2D eigenvalue weighted by Gasteiger charge is -2.05. The molecule has 1 fully saturated rings. The van der Waals surface area contributed by atoms with E-state index in [9.17, 15) is 18.8 Å². The van der Waals surface area contributed by atoms with Crippen molar-refractivity contribution in [2.45, 2.75) is 16.1 Å². The largest absolute Gasteiger partial charge is 0.395 e. The molecule has 0 bridgehead atoms. The molecule has 3 atom stereocenters. The summed E-state index contributed by atoms with van der Waals surface area (Å²) in [6, 6.07) is 17.3. The van der Waals surface area contributed by atoms with Gasteiger partial charge in [-0.15, -0.1) is 0 Å². The van der Waals surface area contributed by atoms with E-state index in [1.54, 1.807) is 42.5 Å². The first-order chi connectivity index (χ1) is 11.0. The highest BCUT2D eigenvalue weighted by atomic mass is 79.9. The average molecular weight is 392 g/mol. The van der Waals surface area contributed by atoms with Gasteiger partial charge in [0.05, 0.1) is 22.8 Å². The number of nitriles is 1. The van der Waals surface area contributed by atoms with Gasteiger partial charge >= 0.3 is 0 Å². The number of sulfone groups is 1. The molecule has 118 valence electrons. The van der Waals surface area contributed by atoms with Gasteiger partial charge in [0.25, 0.3) is 0 Å². The Kier molecular flexibility index (Phi) is 4.05. The van der Waals surface area contributed by atoms with Gasteiger partial charge in [-0.1, -0.05) is 46.3 Å². The SMILES string of the molecule is N#C[C@]1(CO)[C@H](c2ccc(Br)cc2)[C@@H]1S(=O)(=O)c1ccccc1. The first kappa shape index (κ1) is 16.2. The topological polar surface area (TPSA) is 78.2 Å². The molecular weight excluding hydrogens is 378 g/mol. The Balaban J connectivity index is 2.07. The molecule has 1 aliphatic rings. The minimum atomic E-state index is -3.70. The molecule has 0 amide bonds. The molecule has 0 saturated heterocycles.